The van der Waals surface area contributed by atoms with Crippen molar-refractivity contribution in [3.8, 4) is 5.75 Å². The third-order valence-electron chi connectivity index (χ3n) is 2.76. The third-order valence-corrected chi connectivity index (χ3v) is 2.76. The van der Waals surface area contributed by atoms with Gasteiger partial charge in [-0.2, -0.15) is 0 Å². The normalized spacial score (nSPS) is 10.7. The van der Waals surface area contributed by atoms with E-state index >= 15 is 0 Å². The van der Waals surface area contributed by atoms with Crippen LogP contribution in [0.25, 0.3) is 0 Å². The van der Waals surface area contributed by atoms with Gasteiger partial charge >= 0.3 is 5.97 Å². The summed E-state index contributed by atoms with van der Waals surface area (Å²) in [5, 5.41) is 9.08. The Hall–Kier alpha value is -1.55. The zero-order valence-electron chi connectivity index (χ0n) is 11.8. The molecule has 4 heteroatoms. The number of rotatable bonds is 8. The summed E-state index contributed by atoms with van der Waals surface area (Å²) in [6, 6.07) is 5.09. The molecule has 19 heavy (non-hydrogen) atoms. The molecule has 0 saturated heterocycles. The quantitative estimate of drug-likeness (QED) is 0.734. The molecule has 0 heterocycles. The first-order valence-corrected chi connectivity index (χ1v) is 6.55. The topological polar surface area (TPSA) is 55.8 Å². The van der Waals surface area contributed by atoms with E-state index in [1.54, 1.807) is 12.1 Å². The molecule has 0 spiro atoms. The fraction of sp³-hybridized carbons (Fsp3) is 0.533. The lowest BCUT2D eigenvalue weighted by Crippen LogP contribution is -2.11. The van der Waals surface area contributed by atoms with Crippen LogP contribution in [0, 0.1) is 12.8 Å². The zero-order valence-corrected chi connectivity index (χ0v) is 11.8. The van der Waals surface area contributed by atoms with Gasteiger partial charge in [-0.15, -0.1) is 0 Å². The Morgan fingerprint density at radius 3 is 2.63 bits per heavy atom. The summed E-state index contributed by atoms with van der Waals surface area (Å²) in [5.41, 5.74) is 1.02. The molecule has 106 valence electrons. The van der Waals surface area contributed by atoms with E-state index in [1.165, 1.54) is 0 Å². The molecule has 0 fully saturated rings. The highest BCUT2D eigenvalue weighted by molar-refractivity contribution is 5.91. The number of carboxylic acids is 1. The van der Waals surface area contributed by atoms with Crippen LogP contribution in [0.15, 0.2) is 18.2 Å². The first kappa shape index (κ1) is 15.5. The van der Waals surface area contributed by atoms with Gasteiger partial charge in [-0.3, -0.25) is 0 Å². The Bertz CT molecular complexity index is 413. The van der Waals surface area contributed by atoms with E-state index in [1.807, 2.05) is 13.0 Å². The molecule has 0 amide bonds. The SMILES string of the molecule is Cc1cccc(C(=O)O)c1OCCOCCC(C)C. The van der Waals surface area contributed by atoms with Crippen LogP contribution in [0.2, 0.25) is 0 Å². The van der Waals surface area contributed by atoms with Crippen molar-refractivity contribution in [2.45, 2.75) is 27.2 Å². The maximum Gasteiger partial charge on any atom is 0.339 e. The van der Waals surface area contributed by atoms with Crippen LogP contribution >= 0.6 is 0 Å². The molecule has 0 atom stereocenters. The zero-order chi connectivity index (χ0) is 14.3. The van der Waals surface area contributed by atoms with Crippen molar-refractivity contribution in [3.05, 3.63) is 29.3 Å². The van der Waals surface area contributed by atoms with Crippen LogP contribution < -0.4 is 4.74 Å². The molecule has 0 unspecified atom stereocenters. The summed E-state index contributed by atoms with van der Waals surface area (Å²) in [6.45, 7) is 7.67. The summed E-state index contributed by atoms with van der Waals surface area (Å²) in [5.74, 6) is 0.0813. The van der Waals surface area contributed by atoms with Crippen LogP contribution in [0.3, 0.4) is 0 Å². The maximum absolute atomic E-state index is 11.1. The van der Waals surface area contributed by atoms with Gasteiger partial charge in [0.05, 0.1) is 6.61 Å². The fourth-order valence-corrected chi connectivity index (χ4v) is 1.64. The van der Waals surface area contributed by atoms with Crippen LogP contribution in [-0.2, 0) is 4.74 Å². The van der Waals surface area contributed by atoms with Gasteiger partial charge < -0.3 is 14.6 Å². The molecule has 0 radical (unpaired) electrons. The number of carboxylic acid groups (broad SMARTS) is 1. The summed E-state index contributed by atoms with van der Waals surface area (Å²) in [6.07, 6.45) is 1.02. The molecule has 4 nitrogen and oxygen atoms in total. The Morgan fingerprint density at radius 2 is 2.00 bits per heavy atom. The molecule has 0 saturated carbocycles. The molecular formula is C15H22O4. The van der Waals surface area contributed by atoms with Crippen LogP contribution in [-0.4, -0.2) is 30.9 Å². The number of aryl methyl sites for hydroxylation is 1. The number of ether oxygens (including phenoxy) is 2. The Labute approximate surface area is 114 Å². The smallest absolute Gasteiger partial charge is 0.339 e. The van der Waals surface area contributed by atoms with Crippen LogP contribution in [0.5, 0.6) is 5.75 Å². The number of hydrogen-bond acceptors (Lipinski definition) is 3. The summed E-state index contributed by atoms with van der Waals surface area (Å²) >= 11 is 0. The number of hydrogen-bond donors (Lipinski definition) is 1. The molecule has 1 N–H and O–H groups in total. The van der Waals surface area contributed by atoms with Crippen molar-refractivity contribution < 1.29 is 19.4 Å². The lowest BCUT2D eigenvalue weighted by Gasteiger charge is -2.12. The van der Waals surface area contributed by atoms with E-state index in [0.29, 0.717) is 31.5 Å². The molecular weight excluding hydrogens is 244 g/mol. The minimum absolute atomic E-state index is 0.196. The van der Waals surface area contributed by atoms with Gasteiger partial charge in [0.1, 0.15) is 17.9 Å². The van der Waals surface area contributed by atoms with Gasteiger partial charge in [0.15, 0.2) is 0 Å². The lowest BCUT2D eigenvalue weighted by atomic mass is 10.1. The van der Waals surface area contributed by atoms with Crippen LogP contribution in [0.4, 0.5) is 0 Å². The summed E-state index contributed by atoms with van der Waals surface area (Å²) < 4.78 is 11.0. The largest absolute Gasteiger partial charge is 0.490 e. The van der Waals surface area contributed by atoms with Crippen molar-refractivity contribution in [2.75, 3.05) is 19.8 Å². The predicted molar refractivity (Wildman–Crippen MR) is 73.9 cm³/mol. The van der Waals surface area contributed by atoms with Crippen molar-refractivity contribution in [2.24, 2.45) is 5.92 Å². The van der Waals surface area contributed by atoms with E-state index in [-0.39, 0.29) is 5.56 Å². The van der Waals surface area contributed by atoms with Crippen molar-refractivity contribution in [1.82, 2.24) is 0 Å². The van der Waals surface area contributed by atoms with Gasteiger partial charge in [-0.05, 0) is 30.9 Å². The van der Waals surface area contributed by atoms with Crippen molar-refractivity contribution >= 4 is 5.97 Å². The van der Waals surface area contributed by atoms with E-state index < -0.39 is 5.97 Å². The molecule has 1 aromatic rings. The van der Waals surface area contributed by atoms with E-state index in [2.05, 4.69) is 13.8 Å². The Morgan fingerprint density at radius 1 is 1.26 bits per heavy atom. The number of para-hydroxylation sites is 1. The monoisotopic (exact) mass is 266 g/mol. The maximum atomic E-state index is 11.1. The molecule has 1 aromatic carbocycles. The average Bonchev–Trinajstić information content (AvgIpc) is 2.34. The van der Waals surface area contributed by atoms with Crippen molar-refractivity contribution in [1.29, 1.82) is 0 Å². The van der Waals surface area contributed by atoms with Gasteiger partial charge in [-0.25, -0.2) is 4.79 Å². The first-order valence-electron chi connectivity index (χ1n) is 6.55. The molecule has 0 aliphatic rings. The highest BCUT2D eigenvalue weighted by Crippen LogP contribution is 2.23. The van der Waals surface area contributed by atoms with E-state index in [4.69, 9.17) is 14.6 Å². The Kier molecular flexibility index (Phi) is 6.36. The number of carbonyl (C=O) groups is 1. The second kappa shape index (κ2) is 7.79. The molecule has 0 aliphatic heterocycles. The molecule has 0 aliphatic carbocycles. The standard InChI is InChI=1S/C15H22O4/c1-11(2)7-8-18-9-10-19-14-12(3)5-4-6-13(14)15(16)17/h4-6,11H,7-10H2,1-3H3,(H,16,17). The minimum atomic E-state index is -0.973. The third kappa shape index (κ3) is 5.30. The molecule has 0 bridgehead atoms. The van der Waals surface area contributed by atoms with E-state index in [0.717, 1.165) is 12.0 Å². The second-order valence-electron chi connectivity index (χ2n) is 4.90. The van der Waals surface area contributed by atoms with Gasteiger partial charge in [0, 0.05) is 6.61 Å². The molecule has 0 aromatic heterocycles. The highest BCUT2D eigenvalue weighted by Gasteiger charge is 2.12. The number of benzene rings is 1. The summed E-state index contributed by atoms with van der Waals surface area (Å²) in [4.78, 5) is 11.1. The van der Waals surface area contributed by atoms with Crippen LogP contribution in [0.1, 0.15) is 36.2 Å². The first-order chi connectivity index (χ1) is 9.02. The predicted octanol–water partition coefficient (Wildman–Crippen LogP) is 3.13. The lowest BCUT2D eigenvalue weighted by molar-refractivity contribution is 0.0682. The number of aromatic carboxylic acids is 1. The average molecular weight is 266 g/mol. The fourth-order valence-electron chi connectivity index (χ4n) is 1.64. The minimum Gasteiger partial charge on any atom is -0.490 e. The summed E-state index contributed by atoms with van der Waals surface area (Å²) in [7, 11) is 0. The molecule has 1 rings (SSSR count). The Balaban J connectivity index is 2.43. The van der Waals surface area contributed by atoms with Gasteiger partial charge in [0.2, 0.25) is 0 Å². The second-order valence-corrected chi connectivity index (χ2v) is 4.90. The van der Waals surface area contributed by atoms with Gasteiger partial charge in [0.25, 0.3) is 0 Å². The highest BCUT2D eigenvalue weighted by atomic mass is 16.5. The van der Waals surface area contributed by atoms with Gasteiger partial charge in [-0.1, -0.05) is 26.0 Å². The van der Waals surface area contributed by atoms with E-state index in [9.17, 15) is 4.79 Å². The van der Waals surface area contributed by atoms with Crippen molar-refractivity contribution in [3.63, 3.8) is 0 Å².